The van der Waals surface area contributed by atoms with Gasteiger partial charge in [0.1, 0.15) is 0 Å². The van der Waals surface area contributed by atoms with Gasteiger partial charge in [-0.2, -0.15) is 0 Å². The minimum atomic E-state index is -0.825. The monoisotopic (exact) mass is 224 g/mol. The van der Waals surface area contributed by atoms with Crippen LogP contribution in [0.3, 0.4) is 0 Å². The summed E-state index contributed by atoms with van der Waals surface area (Å²) in [5, 5.41) is 9.28. The molecule has 17 heavy (non-hydrogen) atoms. The number of carboxylic acids is 1. The highest BCUT2D eigenvalue weighted by atomic mass is 16.4. The Morgan fingerprint density at radius 3 is 2.53 bits per heavy atom. The third-order valence-electron chi connectivity index (χ3n) is 3.41. The standard InChI is InChI=1S/C15H12O2/c16-15(17)14-9-10-5-1-2-6-11(10)12-7-3-4-8-13(12)14/h1-9,12-13H,(H,16,17). The van der Waals surface area contributed by atoms with E-state index in [9.17, 15) is 9.90 Å². The van der Waals surface area contributed by atoms with Crippen LogP contribution in [0.15, 0.2) is 54.1 Å². The smallest absolute Gasteiger partial charge is 0.332 e. The quantitative estimate of drug-likeness (QED) is 0.796. The van der Waals surface area contributed by atoms with Crippen LogP contribution in [0.25, 0.3) is 6.08 Å². The van der Waals surface area contributed by atoms with E-state index in [2.05, 4.69) is 12.1 Å². The molecular weight excluding hydrogens is 212 g/mol. The zero-order chi connectivity index (χ0) is 11.8. The van der Waals surface area contributed by atoms with Gasteiger partial charge in [-0.3, -0.25) is 0 Å². The summed E-state index contributed by atoms with van der Waals surface area (Å²) in [4.78, 5) is 11.3. The first-order valence-electron chi connectivity index (χ1n) is 5.66. The van der Waals surface area contributed by atoms with Gasteiger partial charge in [0.2, 0.25) is 0 Å². The van der Waals surface area contributed by atoms with Gasteiger partial charge in [-0.25, -0.2) is 4.79 Å². The van der Waals surface area contributed by atoms with Crippen LogP contribution in [0, 0.1) is 5.92 Å². The van der Waals surface area contributed by atoms with E-state index in [1.807, 2.05) is 36.4 Å². The molecule has 2 aliphatic carbocycles. The number of fused-ring (bicyclic) bond motifs is 3. The van der Waals surface area contributed by atoms with E-state index >= 15 is 0 Å². The van der Waals surface area contributed by atoms with Crippen molar-refractivity contribution in [1.29, 1.82) is 0 Å². The summed E-state index contributed by atoms with van der Waals surface area (Å²) < 4.78 is 0. The third-order valence-corrected chi connectivity index (χ3v) is 3.41. The lowest BCUT2D eigenvalue weighted by Gasteiger charge is -2.30. The number of hydrogen-bond donors (Lipinski definition) is 1. The molecular formula is C15H12O2. The topological polar surface area (TPSA) is 37.3 Å². The zero-order valence-corrected chi connectivity index (χ0v) is 9.21. The van der Waals surface area contributed by atoms with Crippen molar-refractivity contribution in [3.8, 4) is 0 Å². The molecule has 2 unspecified atom stereocenters. The van der Waals surface area contributed by atoms with Crippen molar-refractivity contribution < 1.29 is 9.90 Å². The number of aliphatic carboxylic acids is 1. The molecule has 0 aromatic heterocycles. The molecule has 1 aromatic carbocycles. The van der Waals surface area contributed by atoms with E-state index in [4.69, 9.17) is 0 Å². The minimum Gasteiger partial charge on any atom is -0.478 e. The van der Waals surface area contributed by atoms with Crippen LogP contribution in [0.2, 0.25) is 0 Å². The fourth-order valence-electron chi connectivity index (χ4n) is 2.62. The molecule has 0 saturated carbocycles. The van der Waals surface area contributed by atoms with Gasteiger partial charge in [0.05, 0.1) is 0 Å². The Morgan fingerprint density at radius 2 is 1.76 bits per heavy atom. The van der Waals surface area contributed by atoms with Gasteiger partial charge in [0, 0.05) is 17.4 Å². The van der Waals surface area contributed by atoms with Crippen molar-refractivity contribution >= 4 is 12.0 Å². The minimum absolute atomic E-state index is 0.0348. The zero-order valence-electron chi connectivity index (χ0n) is 9.21. The van der Waals surface area contributed by atoms with E-state index in [0.717, 1.165) is 5.56 Å². The molecule has 2 aliphatic rings. The lowest BCUT2D eigenvalue weighted by Crippen LogP contribution is -2.22. The second kappa shape index (κ2) is 3.74. The largest absolute Gasteiger partial charge is 0.478 e. The lowest BCUT2D eigenvalue weighted by atomic mass is 9.73. The van der Waals surface area contributed by atoms with Gasteiger partial charge in [0.15, 0.2) is 0 Å². The lowest BCUT2D eigenvalue weighted by molar-refractivity contribution is -0.133. The summed E-state index contributed by atoms with van der Waals surface area (Å²) >= 11 is 0. The van der Waals surface area contributed by atoms with E-state index in [0.29, 0.717) is 5.57 Å². The normalized spacial score (nSPS) is 24.8. The van der Waals surface area contributed by atoms with Gasteiger partial charge >= 0.3 is 5.97 Å². The second-order valence-corrected chi connectivity index (χ2v) is 4.36. The Kier molecular flexibility index (Phi) is 2.22. The molecule has 2 atom stereocenters. The van der Waals surface area contributed by atoms with E-state index < -0.39 is 5.97 Å². The second-order valence-electron chi connectivity index (χ2n) is 4.36. The number of rotatable bonds is 1. The molecule has 1 N–H and O–H groups in total. The summed E-state index contributed by atoms with van der Waals surface area (Å²) in [5.41, 5.74) is 2.71. The van der Waals surface area contributed by atoms with Crippen LogP contribution in [0.1, 0.15) is 17.0 Å². The van der Waals surface area contributed by atoms with E-state index in [1.165, 1.54) is 5.56 Å². The number of allylic oxidation sites excluding steroid dienone is 4. The molecule has 0 amide bonds. The molecule has 84 valence electrons. The molecule has 0 saturated heterocycles. The Balaban J connectivity index is 2.21. The van der Waals surface area contributed by atoms with Crippen molar-refractivity contribution in [2.75, 3.05) is 0 Å². The molecule has 1 aromatic rings. The van der Waals surface area contributed by atoms with E-state index in [1.54, 1.807) is 6.08 Å². The van der Waals surface area contributed by atoms with Crippen LogP contribution in [0.4, 0.5) is 0 Å². The van der Waals surface area contributed by atoms with Gasteiger partial charge in [0.25, 0.3) is 0 Å². The van der Waals surface area contributed by atoms with Crippen LogP contribution in [-0.2, 0) is 4.79 Å². The van der Waals surface area contributed by atoms with Crippen molar-refractivity contribution in [2.45, 2.75) is 5.92 Å². The maximum Gasteiger partial charge on any atom is 0.332 e. The van der Waals surface area contributed by atoms with Crippen molar-refractivity contribution in [2.24, 2.45) is 5.92 Å². The molecule has 0 bridgehead atoms. The summed E-state index contributed by atoms with van der Waals surface area (Å²) in [6, 6.07) is 7.99. The van der Waals surface area contributed by atoms with Crippen LogP contribution < -0.4 is 0 Å². The van der Waals surface area contributed by atoms with Crippen molar-refractivity contribution in [3.05, 3.63) is 65.3 Å². The predicted octanol–water partition coefficient (Wildman–Crippen LogP) is 2.99. The fraction of sp³-hybridized carbons (Fsp3) is 0.133. The molecule has 0 fully saturated rings. The Hall–Kier alpha value is -2.09. The fourth-order valence-corrected chi connectivity index (χ4v) is 2.62. The molecule has 0 spiro atoms. The molecule has 0 heterocycles. The predicted molar refractivity (Wildman–Crippen MR) is 66.6 cm³/mol. The van der Waals surface area contributed by atoms with Crippen LogP contribution >= 0.6 is 0 Å². The highest BCUT2D eigenvalue weighted by Gasteiger charge is 2.32. The first-order valence-corrected chi connectivity index (χ1v) is 5.66. The van der Waals surface area contributed by atoms with Gasteiger partial charge in [-0.05, 0) is 17.2 Å². The summed E-state index contributed by atoms with van der Waals surface area (Å²) in [7, 11) is 0. The molecule has 0 aliphatic heterocycles. The van der Waals surface area contributed by atoms with Gasteiger partial charge < -0.3 is 5.11 Å². The Morgan fingerprint density at radius 1 is 1.06 bits per heavy atom. The first kappa shape index (κ1) is 10.1. The van der Waals surface area contributed by atoms with Crippen LogP contribution in [-0.4, -0.2) is 11.1 Å². The highest BCUT2D eigenvalue weighted by Crippen LogP contribution is 2.41. The number of carbonyl (C=O) groups is 1. The average molecular weight is 224 g/mol. The number of benzene rings is 1. The molecule has 2 nitrogen and oxygen atoms in total. The maximum atomic E-state index is 11.3. The summed E-state index contributed by atoms with van der Waals surface area (Å²) in [5.74, 6) is -0.700. The van der Waals surface area contributed by atoms with Crippen LogP contribution in [0.5, 0.6) is 0 Å². The van der Waals surface area contributed by atoms with Crippen molar-refractivity contribution in [3.63, 3.8) is 0 Å². The molecule has 0 radical (unpaired) electrons. The molecule has 2 heteroatoms. The Bertz CT molecular complexity index is 564. The SMILES string of the molecule is O=C(O)C1=Cc2ccccc2C2C=CC=CC12. The van der Waals surface area contributed by atoms with Crippen molar-refractivity contribution in [1.82, 2.24) is 0 Å². The first-order chi connectivity index (χ1) is 8.27. The third kappa shape index (κ3) is 1.53. The van der Waals surface area contributed by atoms with E-state index in [-0.39, 0.29) is 11.8 Å². The highest BCUT2D eigenvalue weighted by molar-refractivity contribution is 5.95. The Labute approximate surface area is 99.6 Å². The number of hydrogen-bond acceptors (Lipinski definition) is 1. The number of carboxylic acid groups (broad SMARTS) is 1. The summed E-state index contributed by atoms with van der Waals surface area (Å²) in [6.07, 6.45) is 9.76. The maximum absolute atomic E-state index is 11.3. The summed E-state index contributed by atoms with van der Waals surface area (Å²) in [6.45, 7) is 0. The molecule has 3 rings (SSSR count). The van der Waals surface area contributed by atoms with Gasteiger partial charge in [-0.15, -0.1) is 0 Å². The van der Waals surface area contributed by atoms with Gasteiger partial charge in [-0.1, -0.05) is 48.6 Å². The average Bonchev–Trinajstić information content (AvgIpc) is 2.37.